The molecular weight excluding hydrogens is 316 g/mol. The van der Waals surface area contributed by atoms with Crippen molar-refractivity contribution in [2.75, 3.05) is 0 Å². The number of rotatable bonds is 1. The standard InChI is InChI=1S/C13H9F6NO2/c14-12(15,16)7-3-6(4-8(5-7)13(17,18)19)9-11(1-2-11)20-10(21)22-9/h3-5,9H,1-2H2,(H,20,21)/t9-/m0/s1. The normalized spacial score (nSPS) is 23.4. The molecular formula is C13H9F6NO2. The molecule has 1 amide bonds. The first-order chi connectivity index (χ1) is 10.0. The summed E-state index contributed by atoms with van der Waals surface area (Å²) in [5.74, 6) is 0. The number of hydrogen-bond acceptors (Lipinski definition) is 2. The molecule has 3 rings (SSSR count). The van der Waals surface area contributed by atoms with Gasteiger partial charge in [0.15, 0.2) is 6.10 Å². The number of halogens is 6. The lowest BCUT2D eigenvalue weighted by Gasteiger charge is -2.19. The summed E-state index contributed by atoms with van der Waals surface area (Å²) in [5, 5.41) is 2.45. The number of nitrogens with one attached hydrogen (secondary N) is 1. The summed E-state index contributed by atoms with van der Waals surface area (Å²) in [6.45, 7) is 0. The van der Waals surface area contributed by atoms with Crippen LogP contribution in [-0.4, -0.2) is 11.6 Å². The molecule has 1 saturated heterocycles. The van der Waals surface area contributed by atoms with E-state index in [2.05, 4.69) is 5.32 Å². The maximum Gasteiger partial charge on any atom is 0.416 e. The Labute approximate surface area is 120 Å². The first-order valence-corrected chi connectivity index (χ1v) is 6.29. The van der Waals surface area contributed by atoms with Gasteiger partial charge in [0.05, 0.1) is 16.7 Å². The van der Waals surface area contributed by atoms with Crippen molar-refractivity contribution in [2.45, 2.75) is 36.8 Å². The summed E-state index contributed by atoms with van der Waals surface area (Å²) >= 11 is 0. The summed E-state index contributed by atoms with van der Waals surface area (Å²) < 4.78 is 81.8. The topological polar surface area (TPSA) is 38.3 Å². The molecule has 2 fully saturated rings. The second kappa shape index (κ2) is 4.30. The van der Waals surface area contributed by atoms with Crippen LogP contribution in [0.25, 0.3) is 0 Å². The average molecular weight is 325 g/mol. The monoisotopic (exact) mass is 325 g/mol. The smallest absolute Gasteiger partial charge is 0.416 e. The minimum atomic E-state index is -4.93. The van der Waals surface area contributed by atoms with Crippen LogP contribution in [-0.2, 0) is 17.1 Å². The van der Waals surface area contributed by atoms with Crippen LogP contribution in [0.3, 0.4) is 0 Å². The fraction of sp³-hybridized carbons (Fsp3) is 0.462. The zero-order chi connectivity index (χ0) is 16.3. The number of alkyl halides is 6. The fourth-order valence-corrected chi connectivity index (χ4v) is 2.56. The lowest BCUT2D eigenvalue weighted by Crippen LogP contribution is -2.29. The van der Waals surface area contributed by atoms with Crippen molar-refractivity contribution in [2.24, 2.45) is 0 Å². The number of alkyl carbamates (subject to hydrolysis) is 1. The first kappa shape index (κ1) is 15.0. The molecule has 9 heteroatoms. The number of amides is 1. The Morgan fingerprint density at radius 3 is 1.91 bits per heavy atom. The third kappa shape index (κ3) is 2.48. The van der Waals surface area contributed by atoms with Crippen LogP contribution < -0.4 is 5.32 Å². The van der Waals surface area contributed by atoms with E-state index in [4.69, 9.17) is 4.74 Å². The predicted molar refractivity (Wildman–Crippen MR) is 60.8 cm³/mol. The van der Waals surface area contributed by atoms with Crippen molar-refractivity contribution >= 4 is 6.09 Å². The number of benzene rings is 1. The minimum absolute atomic E-state index is 0.0489. The third-order valence-corrected chi connectivity index (χ3v) is 3.78. The Hall–Kier alpha value is -1.93. The van der Waals surface area contributed by atoms with Crippen LogP contribution >= 0.6 is 0 Å². The summed E-state index contributed by atoms with van der Waals surface area (Å²) in [7, 11) is 0. The average Bonchev–Trinajstić information content (AvgIpc) is 3.05. The van der Waals surface area contributed by atoms with Gasteiger partial charge in [-0.3, -0.25) is 0 Å². The lowest BCUT2D eigenvalue weighted by atomic mass is 9.96. The van der Waals surface area contributed by atoms with E-state index in [9.17, 15) is 31.1 Å². The molecule has 0 bridgehead atoms. The van der Waals surface area contributed by atoms with Crippen molar-refractivity contribution in [3.05, 3.63) is 34.9 Å². The van der Waals surface area contributed by atoms with Crippen molar-refractivity contribution in [3.8, 4) is 0 Å². The molecule has 1 aromatic carbocycles. The van der Waals surface area contributed by atoms with Gasteiger partial charge < -0.3 is 10.1 Å². The second-order valence-corrected chi connectivity index (χ2v) is 5.41. The molecule has 1 N–H and O–H groups in total. The molecule has 1 aliphatic heterocycles. The van der Waals surface area contributed by atoms with Gasteiger partial charge in [0.2, 0.25) is 0 Å². The highest BCUT2D eigenvalue weighted by atomic mass is 19.4. The number of cyclic esters (lactones) is 1. The molecule has 1 aromatic rings. The first-order valence-electron chi connectivity index (χ1n) is 6.29. The van der Waals surface area contributed by atoms with E-state index in [1.807, 2.05) is 0 Å². The predicted octanol–water partition coefficient (Wildman–Crippen LogP) is 4.04. The van der Waals surface area contributed by atoms with Gasteiger partial charge in [-0.05, 0) is 36.6 Å². The van der Waals surface area contributed by atoms with Gasteiger partial charge in [-0.15, -0.1) is 0 Å². The zero-order valence-corrected chi connectivity index (χ0v) is 10.8. The summed E-state index contributed by atoms with van der Waals surface area (Å²) in [6.07, 6.45) is -11.0. The molecule has 3 nitrogen and oxygen atoms in total. The lowest BCUT2D eigenvalue weighted by molar-refractivity contribution is -0.143. The summed E-state index contributed by atoms with van der Waals surface area (Å²) in [5.41, 5.74) is -4.03. The van der Waals surface area contributed by atoms with Crippen molar-refractivity contribution in [1.82, 2.24) is 5.32 Å². The maximum absolute atomic E-state index is 12.8. The third-order valence-electron chi connectivity index (χ3n) is 3.78. The Morgan fingerprint density at radius 1 is 1.00 bits per heavy atom. The van der Waals surface area contributed by atoms with Crippen LogP contribution in [0.5, 0.6) is 0 Å². The van der Waals surface area contributed by atoms with Gasteiger partial charge in [-0.25, -0.2) is 4.79 Å². The van der Waals surface area contributed by atoms with Gasteiger partial charge in [-0.2, -0.15) is 26.3 Å². The Morgan fingerprint density at radius 2 is 1.50 bits per heavy atom. The molecule has 1 saturated carbocycles. The minimum Gasteiger partial charge on any atom is -0.439 e. The van der Waals surface area contributed by atoms with Crippen molar-refractivity contribution in [3.63, 3.8) is 0 Å². The molecule has 1 aliphatic carbocycles. The molecule has 1 atom stereocenters. The van der Waals surface area contributed by atoms with E-state index in [-0.39, 0.29) is 11.6 Å². The van der Waals surface area contributed by atoms with Crippen LogP contribution in [0.1, 0.15) is 35.6 Å². The molecule has 0 radical (unpaired) electrons. The molecule has 0 aromatic heterocycles. The van der Waals surface area contributed by atoms with E-state index >= 15 is 0 Å². The Bertz CT molecular complexity index is 600. The molecule has 1 heterocycles. The Balaban J connectivity index is 2.09. The second-order valence-electron chi connectivity index (χ2n) is 5.41. The fourth-order valence-electron chi connectivity index (χ4n) is 2.56. The molecule has 0 unspecified atom stereocenters. The number of carbonyl (C=O) groups is 1. The quantitative estimate of drug-likeness (QED) is 0.792. The van der Waals surface area contributed by atoms with Gasteiger partial charge in [0.1, 0.15) is 0 Å². The van der Waals surface area contributed by atoms with Crippen molar-refractivity contribution in [1.29, 1.82) is 0 Å². The van der Waals surface area contributed by atoms with E-state index < -0.39 is 41.2 Å². The van der Waals surface area contributed by atoms with E-state index in [1.54, 1.807) is 0 Å². The molecule has 22 heavy (non-hydrogen) atoms. The van der Waals surface area contributed by atoms with E-state index in [0.29, 0.717) is 25.0 Å². The SMILES string of the molecule is O=C1NC2(CC2)[C@H](c2cc(C(F)(F)F)cc(C(F)(F)F)c2)O1. The molecule has 2 aliphatic rings. The van der Waals surface area contributed by atoms with Crippen LogP contribution in [0, 0.1) is 0 Å². The van der Waals surface area contributed by atoms with Gasteiger partial charge in [0.25, 0.3) is 0 Å². The zero-order valence-electron chi connectivity index (χ0n) is 10.8. The summed E-state index contributed by atoms with van der Waals surface area (Å²) in [6, 6.07) is 1.24. The van der Waals surface area contributed by atoms with Gasteiger partial charge in [-0.1, -0.05) is 0 Å². The number of carbonyl (C=O) groups excluding carboxylic acids is 1. The van der Waals surface area contributed by atoms with Gasteiger partial charge in [0, 0.05) is 0 Å². The number of ether oxygens (including phenoxy) is 1. The van der Waals surface area contributed by atoms with E-state index in [0.717, 1.165) is 0 Å². The summed E-state index contributed by atoms with van der Waals surface area (Å²) in [4.78, 5) is 11.3. The number of hydrogen-bond donors (Lipinski definition) is 1. The molecule has 120 valence electrons. The van der Waals surface area contributed by atoms with Crippen LogP contribution in [0.4, 0.5) is 31.1 Å². The largest absolute Gasteiger partial charge is 0.439 e. The highest BCUT2D eigenvalue weighted by Gasteiger charge is 2.58. The molecule has 1 spiro atoms. The highest BCUT2D eigenvalue weighted by molar-refractivity contribution is 5.73. The Kier molecular flexibility index (Phi) is 2.93. The van der Waals surface area contributed by atoms with Gasteiger partial charge >= 0.3 is 18.4 Å². The van der Waals surface area contributed by atoms with Crippen LogP contribution in [0.15, 0.2) is 18.2 Å². The highest BCUT2D eigenvalue weighted by Crippen LogP contribution is 2.52. The van der Waals surface area contributed by atoms with Crippen molar-refractivity contribution < 1.29 is 35.9 Å². The maximum atomic E-state index is 12.8. The van der Waals surface area contributed by atoms with Crippen LogP contribution in [0.2, 0.25) is 0 Å². The van der Waals surface area contributed by atoms with E-state index in [1.165, 1.54) is 0 Å².